The van der Waals surface area contributed by atoms with Gasteiger partial charge in [0.2, 0.25) is 5.91 Å². The van der Waals surface area contributed by atoms with Gasteiger partial charge in [-0.2, -0.15) is 0 Å². The number of carboxylic acids is 1. The van der Waals surface area contributed by atoms with E-state index in [1.807, 2.05) is 0 Å². The third kappa shape index (κ3) is 5.99. The number of hydrogen-bond acceptors (Lipinski definition) is 2. The highest BCUT2D eigenvalue weighted by atomic mass is 19.1. The minimum atomic E-state index is -0.853. The first-order chi connectivity index (χ1) is 8.99. The van der Waals surface area contributed by atoms with E-state index in [0.717, 1.165) is 0 Å². The van der Waals surface area contributed by atoms with E-state index in [2.05, 4.69) is 5.32 Å². The van der Waals surface area contributed by atoms with Gasteiger partial charge in [-0.25, -0.2) is 4.39 Å². The largest absolute Gasteiger partial charge is 0.481 e. The van der Waals surface area contributed by atoms with Crippen molar-refractivity contribution >= 4 is 11.9 Å². The lowest BCUT2D eigenvalue weighted by atomic mass is 10.1. The summed E-state index contributed by atoms with van der Waals surface area (Å²) in [4.78, 5) is 21.9. The molecule has 1 aromatic rings. The highest BCUT2D eigenvalue weighted by molar-refractivity contribution is 5.76. The monoisotopic (exact) mass is 267 g/mol. The maximum atomic E-state index is 13.0. The number of unbranched alkanes of at least 4 members (excludes halogenated alkanes) is 1. The second kappa shape index (κ2) is 7.51. The molecule has 0 aromatic heterocycles. The number of benzene rings is 1. The number of halogens is 1. The third-order valence-electron chi connectivity index (χ3n) is 2.77. The van der Waals surface area contributed by atoms with Gasteiger partial charge in [-0.15, -0.1) is 0 Å². The van der Waals surface area contributed by atoms with Crippen LogP contribution in [0.2, 0.25) is 0 Å². The molecule has 0 saturated carbocycles. The molecule has 4 nitrogen and oxygen atoms in total. The molecule has 5 heteroatoms. The van der Waals surface area contributed by atoms with Gasteiger partial charge in [0.05, 0.1) is 6.04 Å². The summed E-state index contributed by atoms with van der Waals surface area (Å²) >= 11 is 0. The molecule has 1 atom stereocenters. The van der Waals surface area contributed by atoms with Gasteiger partial charge < -0.3 is 10.4 Å². The van der Waals surface area contributed by atoms with Crippen molar-refractivity contribution in [3.63, 3.8) is 0 Å². The Bertz CT molecular complexity index is 448. The molecule has 0 heterocycles. The standard InChI is InChI=1S/C14H18FNO3/c1-10(11-5-4-6-12(15)9-11)16-13(17)7-2-3-8-14(18)19/h4-6,9-10H,2-3,7-8H2,1H3,(H,16,17)(H,18,19). The molecule has 0 aliphatic carbocycles. The van der Waals surface area contributed by atoms with Gasteiger partial charge in [-0.05, 0) is 37.5 Å². The Labute approximate surface area is 111 Å². The maximum Gasteiger partial charge on any atom is 0.303 e. The van der Waals surface area contributed by atoms with Crippen molar-refractivity contribution in [2.24, 2.45) is 0 Å². The van der Waals surface area contributed by atoms with Crippen molar-refractivity contribution in [3.05, 3.63) is 35.6 Å². The maximum absolute atomic E-state index is 13.0. The lowest BCUT2D eigenvalue weighted by molar-refractivity contribution is -0.137. The molecule has 19 heavy (non-hydrogen) atoms. The van der Waals surface area contributed by atoms with Gasteiger partial charge >= 0.3 is 5.97 Å². The molecule has 2 N–H and O–H groups in total. The minimum Gasteiger partial charge on any atom is -0.481 e. The van der Waals surface area contributed by atoms with Gasteiger partial charge in [0.25, 0.3) is 0 Å². The van der Waals surface area contributed by atoms with Gasteiger partial charge in [0, 0.05) is 12.8 Å². The Balaban J connectivity index is 2.34. The fourth-order valence-corrected chi connectivity index (χ4v) is 1.73. The number of amides is 1. The van der Waals surface area contributed by atoms with E-state index in [1.54, 1.807) is 19.1 Å². The van der Waals surface area contributed by atoms with Crippen LogP contribution in [0.25, 0.3) is 0 Å². The fourth-order valence-electron chi connectivity index (χ4n) is 1.73. The highest BCUT2D eigenvalue weighted by Gasteiger charge is 2.10. The van der Waals surface area contributed by atoms with Crippen LogP contribution in [0, 0.1) is 5.82 Å². The molecule has 104 valence electrons. The molecule has 1 amide bonds. The van der Waals surface area contributed by atoms with Gasteiger partial charge in [0.15, 0.2) is 0 Å². The van der Waals surface area contributed by atoms with E-state index < -0.39 is 5.97 Å². The Morgan fingerprint density at radius 3 is 2.63 bits per heavy atom. The number of carbonyl (C=O) groups excluding carboxylic acids is 1. The van der Waals surface area contributed by atoms with Crippen LogP contribution in [-0.4, -0.2) is 17.0 Å². The van der Waals surface area contributed by atoms with Crippen LogP contribution in [0.15, 0.2) is 24.3 Å². The smallest absolute Gasteiger partial charge is 0.303 e. The lowest BCUT2D eigenvalue weighted by Crippen LogP contribution is -2.26. The average Bonchev–Trinajstić information content (AvgIpc) is 2.34. The summed E-state index contributed by atoms with van der Waals surface area (Å²) in [7, 11) is 0. The summed E-state index contributed by atoms with van der Waals surface area (Å²) in [5.74, 6) is -1.34. The third-order valence-corrected chi connectivity index (χ3v) is 2.77. The summed E-state index contributed by atoms with van der Waals surface area (Å²) in [6.45, 7) is 1.78. The first kappa shape index (κ1) is 15.1. The van der Waals surface area contributed by atoms with Crippen LogP contribution in [0.5, 0.6) is 0 Å². The van der Waals surface area contributed by atoms with Crippen molar-refractivity contribution in [3.8, 4) is 0 Å². The van der Waals surface area contributed by atoms with E-state index in [4.69, 9.17) is 5.11 Å². The van der Waals surface area contributed by atoms with E-state index in [1.165, 1.54) is 12.1 Å². The van der Waals surface area contributed by atoms with Gasteiger partial charge in [-0.1, -0.05) is 12.1 Å². The number of nitrogens with one attached hydrogen (secondary N) is 1. The van der Waals surface area contributed by atoms with Crippen LogP contribution in [0.4, 0.5) is 4.39 Å². The predicted molar refractivity (Wildman–Crippen MR) is 69.1 cm³/mol. The number of aliphatic carboxylic acids is 1. The first-order valence-corrected chi connectivity index (χ1v) is 6.25. The van der Waals surface area contributed by atoms with E-state index in [-0.39, 0.29) is 30.6 Å². The predicted octanol–water partition coefficient (Wildman–Crippen LogP) is 2.65. The van der Waals surface area contributed by atoms with E-state index in [0.29, 0.717) is 18.4 Å². The Hall–Kier alpha value is -1.91. The number of carboxylic acid groups (broad SMARTS) is 1. The van der Waals surface area contributed by atoms with E-state index >= 15 is 0 Å². The molecule has 1 aromatic carbocycles. The fraction of sp³-hybridized carbons (Fsp3) is 0.429. The van der Waals surface area contributed by atoms with Crippen molar-refractivity contribution in [2.45, 2.75) is 38.6 Å². The second-order valence-corrected chi connectivity index (χ2v) is 4.45. The Morgan fingerprint density at radius 2 is 2.00 bits per heavy atom. The molecule has 0 spiro atoms. The topological polar surface area (TPSA) is 66.4 Å². The number of rotatable bonds is 7. The zero-order valence-electron chi connectivity index (χ0n) is 10.9. The Morgan fingerprint density at radius 1 is 1.32 bits per heavy atom. The van der Waals surface area contributed by atoms with Gasteiger partial charge in [-0.3, -0.25) is 9.59 Å². The molecule has 1 rings (SSSR count). The molecule has 0 radical (unpaired) electrons. The summed E-state index contributed by atoms with van der Waals surface area (Å²) in [5.41, 5.74) is 0.707. The first-order valence-electron chi connectivity index (χ1n) is 6.25. The number of hydrogen-bond donors (Lipinski definition) is 2. The molecule has 0 saturated heterocycles. The molecule has 0 aliphatic rings. The lowest BCUT2D eigenvalue weighted by Gasteiger charge is -2.14. The van der Waals surface area contributed by atoms with Crippen LogP contribution in [0.3, 0.4) is 0 Å². The Kier molecular flexibility index (Phi) is 5.99. The molecule has 0 aliphatic heterocycles. The summed E-state index contributed by atoms with van der Waals surface area (Å²) in [5, 5.41) is 11.2. The van der Waals surface area contributed by atoms with Crippen molar-refractivity contribution in [1.82, 2.24) is 5.32 Å². The van der Waals surface area contributed by atoms with Crippen LogP contribution < -0.4 is 5.32 Å². The van der Waals surface area contributed by atoms with Crippen LogP contribution in [0.1, 0.15) is 44.2 Å². The number of carbonyl (C=O) groups is 2. The molecular formula is C14H18FNO3. The zero-order valence-corrected chi connectivity index (χ0v) is 10.9. The van der Waals surface area contributed by atoms with Crippen molar-refractivity contribution in [1.29, 1.82) is 0 Å². The second-order valence-electron chi connectivity index (χ2n) is 4.45. The van der Waals surface area contributed by atoms with Crippen molar-refractivity contribution < 1.29 is 19.1 Å². The minimum absolute atomic E-state index is 0.0761. The average molecular weight is 267 g/mol. The SMILES string of the molecule is CC(NC(=O)CCCCC(=O)O)c1cccc(F)c1. The molecule has 0 bridgehead atoms. The molecule has 1 unspecified atom stereocenters. The molecule has 0 fully saturated rings. The quantitative estimate of drug-likeness (QED) is 0.746. The van der Waals surface area contributed by atoms with Crippen LogP contribution in [-0.2, 0) is 9.59 Å². The van der Waals surface area contributed by atoms with Crippen molar-refractivity contribution in [2.75, 3.05) is 0 Å². The summed E-state index contributed by atoms with van der Waals surface area (Å²) in [6, 6.07) is 5.82. The summed E-state index contributed by atoms with van der Waals surface area (Å²) < 4.78 is 13.0. The zero-order chi connectivity index (χ0) is 14.3. The highest BCUT2D eigenvalue weighted by Crippen LogP contribution is 2.13. The normalized spacial score (nSPS) is 11.9. The summed E-state index contributed by atoms with van der Waals surface area (Å²) in [6.07, 6.45) is 1.38. The van der Waals surface area contributed by atoms with Crippen LogP contribution >= 0.6 is 0 Å². The van der Waals surface area contributed by atoms with Gasteiger partial charge in [0.1, 0.15) is 5.82 Å². The molecular weight excluding hydrogens is 249 g/mol. The van der Waals surface area contributed by atoms with E-state index in [9.17, 15) is 14.0 Å².